The molecule has 1 atom stereocenters. The van der Waals surface area contributed by atoms with Crippen LogP contribution in [0.3, 0.4) is 0 Å². The molecular formula is C13H14FN3. The molecule has 1 aliphatic rings. The van der Waals surface area contributed by atoms with Gasteiger partial charge in [0.2, 0.25) is 0 Å². The molecule has 3 nitrogen and oxygen atoms in total. The van der Waals surface area contributed by atoms with Gasteiger partial charge in [0, 0.05) is 17.9 Å². The van der Waals surface area contributed by atoms with Crippen LogP contribution in [0.25, 0.3) is 5.82 Å². The molecule has 0 amide bonds. The molecule has 0 aromatic carbocycles. The summed E-state index contributed by atoms with van der Waals surface area (Å²) >= 11 is 0. The lowest BCUT2D eigenvalue weighted by atomic mass is 9.94. The van der Waals surface area contributed by atoms with Crippen molar-refractivity contribution in [2.45, 2.75) is 25.3 Å². The second-order valence-corrected chi connectivity index (χ2v) is 4.42. The Morgan fingerprint density at radius 1 is 1.35 bits per heavy atom. The number of nitrogens with zero attached hydrogens (tertiary/aromatic N) is 2. The Labute approximate surface area is 99.1 Å². The Kier molecular flexibility index (Phi) is 2.44. The third-order valence-corrected chi connectivity index (χ3v) is 3.31. The van der Waals surface area contributed by atoms with Crippen LogP contribution in [0.4, 0.5) is 4.39 Å². The normalized spacial score (nSPS) is 19.1. The Hall–Kier alpha value is -1.68. The third kappa shape index (κ3) is 1.74. The zero-order chi connectivity index (χ0) is 11.8. The topological polar surface area (TPSA) is 43.8 Å². The summed E-state index contributed by atoms with van der Waals surface area (Å²) in [4.78, 5) is 4.10. The number of hydrogen-bond donors (Lipinski definition) is 1. The molecule has 0 saturated heterocycles. The van der Waals surface area contributed by atoms with Gasteiger partial charge in [-0.3, -0.25) is 0 Å². The highest BCUT2D eigenvalue weighted by atomic mass is 19.1. The molecule has 4 heteroatoms. The predicted molar refractivity (Wildman–Crippen MR) is 63.4 cm³/mol. The van der Waals surface area contributed by atoms with Crippen LogP contribution in [0.5, 0.6) is 0 Å². The summed E-state index contributed by atoms with van der Waals surface area (Å²) in [6, 6.07) is 5.29. The molecule has 3 rings (SSSR count). The highest BCUT2D eigenvalue weighted by molar-refractivity contribution is 5.36. The Bertz CT molecular complexity index is 530. The highest BCUT2D eigenvalue weighted by Crippen LogP contribution is 2.30. The fourth-order valence-electron chi connectivity index (χ4n) is 2.45. The first-order valence-corrected chi connectivity index (χ1v) is 5.83. The molecule has 0 radical (unpaired) electrons. The van der Waals surface area contributed by atoms with Crippen LogP contribution in [-0.2, 0) is 6.42 Å². The Morgan fingerprint density at radius 3 is 3.00 bits per heavy atom. The number of aromatic nitrogens is 2. The van der Waals surface area contributed by atoms with Gasteiger partial charge < -0.3 is 10.3 Å². The van der Waals surface area contributed by atoms with Crippen molar-refractivity contribution in [3.63, 3.8) is 0 Å². The second kappa shape index (κ2) is 3.96. The van der Waals surface area contributed by atoms with Gasteiger partial charge in [0.15, 0.2) is 0 Å². The van der Waals surface area contributed by atoms with Gasteiger partial charge in [-0.15, -0.1) is 0 Å². The van der Waals surface area contributed by atoms with Crippen LogP contribution >= 0.6 is 0 Å². The molecule has 1 unspecified atom stereocenters. The van der Waals surface area contributed by atoms with Crippen LogP contribution in [0, 0.1) is 5.82 Å². The van der Waals surface area contributed by atoms with Crippen molar-refractivity contribution in [1.29, 1.82) is 0 Å². The van der Waals surface area contributed by atoms with Crippen LogP contribution < -0.4 is 5.73 Å². The van der Waals surface area contributed by atoms with Gasteiger partial charge in [-0.2, -0.15) is 0 Å². The van der Waals surface area contributed by atoms with E-state index >= 15 is 0 Å². The molecule has 2 N–H and O–H groups in total. The van der Waals surface area contributed by atoms with E-state index in [2.05, 4.69) is 4.98 Å². The summed E-state index contributed by atoms with van der Waals surface area (Å²) in [5.41, 5.74) is 8.48. The number of halogens is 1. The summed E-state index contributed by atoms with van der Waals surface area (Å²) in [7, 11) is 0. The van der Waals surface area contributed by atoms with Crippen molar-refractivity contribution in [2.75, 3.05) is 0 Å². The van der Waals surface area contributed by atoms with Crippen molar-refractivity contribution in [2.24, 2.45) is 5.73 Å². The summed E-state index contributed by atoms with van der Waals surface area (Å²) in [5.74, 6) is 0.438. The van der Waals surface area contributed by atoms with Gasteiger partial charge in [0.05, 0.1) is 6.20 Å². The molecule has 1 aliphatic carbocycles. The molecule has 17 heavy (non-hydrogen) atoms. The molecule has 2 aromatic heterocycles. The lowest BCUT2D eigenvalue weighted by molar-refractivity contribution is 0.559. The number of pyridine rings is 1. The van der Waals surface area contributed by atoms with Gasteiger partial charge >= 0.3 is 0 Å². The zero-order valence-corrected chi connectivity index (χ0v) is 9.44. The van der Waals surface area contributed by atoms with E-state index in [-0.39, 0.29) is 11.9 Å². The maximum Gasteiger partial charge on any atom is 0.141 e. The molecule has 0 aliphatic heterocycles. The van der Waals surface area contributed by atoms with E-state index in [1.54, 1.807) is 6.07 Å². The average Bonchev–Trinajstić information content (AvgIpc) is 2.75. The monoisotopic (exact) mass is 231 g/mol. The Morgan fingerprint density at radius 2 is 2.24 bits per heavy atom. The molecule has 88 valence electrons. The number of rotatable bonds is 1. The predicted octanol–water partition coefficient (Wildman–Crippen LogP) is 2.35. The van der Waals surface area contributed by atoms with Crippen LogP contribution in [-0.4, -0.2) is 9.55 Å². The van der Waals surface area contributed by atoms with E-state index in [0.29, 0.717) is 0 Å². The van der Waals surface area contributed by atoms with Gasteiger partial charge in [-0.25, -0.2) is 9.37 Å². The van der Waals surface area contributed by atoms with Gasteiger partial charge in [-0.05, 0) is 43.0 Å². The summed E-state index contributed by atoms with van der Waals surface area (Å²) < 4.78 is 14.8. The van der Waals surface area contributed by atoms with Crippen LogP contribution in [0.1, 0.15) is 30.1 Å². The number of hydrogen-bond acceptors (Lipinski definition) is 2. The van der Waals surface area contributed by atoms with E-state index in [0.717, 1.165) is 25.1 Å². The van der Waals surface area contributed by atoms with E-state index < -0.39 is 0 Å². The van der Waals surface area contributed by atoms with Crippen molar-refractivity contribution < 1.29 is 4.39 Å². The average molecular weight is 231 g/mol. The SMILES string of the molecule is NC1CCCc2c1ccn2-c1ccc(F)cn1. The first kappa shape index (κ1) is 10.5. The van der Waals surface area contributed by atoms with Gasteiger partial charge in [0.25, 0.3) is 0 Å². The van der Waals surface area contributed by atoms with Crippen molar-refractivity contribution >= 4 is 0 Å². The Balaban J connectivity index is 2.07. The summed E-state index contributed by atoms with van der Waals surface area (Å²) in [6.45, 7) is 0. The minimum atomic E-state index is -0.313. The molecule has 2 aromatic rings. The quantitative estimate of drug-likeness (QED) is 0.818. The van der Waals surface area contributed by atoms with Crippen molar-refractivity contribution in [1.82, 2.24) is 9.55 Å². The van der Waals surface area contributed by atoms with E-state index in [9.17, 15) is 4.39 Å². The fraction of sp³-hybridized carbons (Fsp3) is 0.308. The smallest absolute Gasteiger partial charge is 0.141 e. The molecule has 0 saturated carbocycles. The van der Waals surface area contributed by atoms with Crippen molar-refractivity contribution in [3.05, 3.63) is 47.7 Å². The van der Waals surface area contributed by atoms with Crippen molar-refractivity contribution in [3.8, 4) is 5.82 Å². The number of fused-ring (bicyclic) bond motifs is 1. The zero-order valence-electron chi connectivity index (χ0n) is 9.44. The lowest BCUT2D eigenvalue weighted by Crippen LogP contribution is -2.18. The van der Waals surface area contributed by atoms with Crippen LogP contribution in [0.2, 0.25) is 0 Å². The largest absolute Gasteiger partial charge is 0.324 e. The maximum absolute atomic E-state index is 12.8. The minimum Gasteiger partial charge on any atom is -0.324 e. The lowest BCUT2D eigenvalue weighted by Gasteiger charge is -2.20. The molecule has 0 bridgehead atoms. The van der Waals surface area contributed by atoms with Crippen LogP contribution in [0.15, 0.2) is 30.6 Å². The second-order valence-electron chi connectivity index (χ2n) is 4.42. The highest BCUT2D eigenvalue weighted by Gasteiger charge is 2.20. The van der Waals surface area contributed by atoms with E-state index in [1.165, 1.54) is 23.5 Å². The third-order valence-electron chi connectivity index (χ3n) is 3.31. The standard InChI is InChI=1S/C13H14FN3/c14-9-4-5-13(16-8-9)17-7-6-10-11(15)2-1-3-12(10)17/h4-8,11H,1-3,15H2. The fourth-order valence-corrected chi connectivity index (χ4v) is 2.45. The molecular weight excluding hydrogens is 217 g/mol. The molecule has 0 fully saturated rings. The first-order valence-electron chi connectivity index (χ1n) is 5.83. The van der Waals surface area contributed by atoms with E-state index in [1.807, 2.05) is 16.8 Å². The van der Waals surface area contributed by atoms with Gasteiger partial charge in [0.1, 0.15) is 11.6 Å². The first-order chi connectivity index (χ1) is 8.25. The summed E-state index contributed by atoms with van der Waals surface area (Å²) in [6.07, 6.45) is 6.35. The number of nitrogens with two attached hydrogens (primary N) is 1. The molecule has 0 spiro atoms. The van der Waals surface area contributed by atoms with E-state index in [4.69, 9.17) is 5.73 Å². The van der Waals surface area contributed by atoms with Gasteiger partial charge in [-0.1, -0.05) is 0 Å². The maximum atomic E-state index is 12.8. The summed E-state index contributed by atoms with van der Waals surface area (Å²) in [5, 5.41) is 0. The minimum absolute atomic E-state index is 0.125. The molecule has 2 heterocycles.